The molecule has 2 aliphatic heterocycles. The predicted molar refractivity (Wildman–Crippen MR) is 159 cm³/mol. The van der Waals surface area contributed by atoms with Gasteiger partial charge in [0, 0.05) is 56.2 Å². The Morgan fingerprint density at radius 3 is 2.55 bits per heavy atom. The van der Waals surface area contributed by atoms with Crippen LogP contribution in [0.1, 0.15) is 26.3 Å². The fourth-order valence-corrected chi connectivity index (χ4v) is 5.84. The van der Waals surface area contributed by atoms with Gasteiger partial charge in [-0.05, 0) is 44.5 Å². The molecule has 6 rings (SSSR count). The summed E-state index contributed by atoms with van der Waals surface area (Å²) in [5.74, 6) is -0.219. The molecular weight excluding hydrogens is 574 g/mol. The van der Waals surface area contributed by atoms with Crippen LogP contribution in [0.2, 0.25) is 0 Å². The van der Waals surface area contributed by atoms with E-state index in [4.69, 9.17) is 14.2 Å². The molecule has 0 radical (unpaired) electrons. The van der Waals surface area contributed by atoms with E-state index in [9.17, 15) is 18.4 Å². The summed E-state index contributed by atoms with van der Waals surface area (Å²) >= 11 is 0. The van der Waals surface area contributed by atoms with Crippen LogP contribution in [-0.4, -0.2) is 80.9 Å². The molecule has 0 spiro atoms. The molecule has 0 saturated carbocycles. The number of nitrogens with zero attached hydrogens (tertiary/aromatic N) is 6. The average molecular weight is 609 g/mol. The van der Waals surface area contributed by atoms with E-state index in [2.05, 4.69) is 9.97 Å². The zero-order chi connectivity index (χ0) is 31.2. The molecule has 1 amide bonds. The summed E-state index contributed by atoms with van der Waals surface area (Å²) in [5.41, 5.74) is 2.50. The van der Waals surface area contributed by atoms with Crippen LogP contribution in [0.5, 0.6) is 5.75 Å². The number of amides is 1. The van der Waals surface area contributed by atoms with Crippen LogP contribution in [0.25, 0.3) is 22.0 Å². The molecule has 4 heterocycles. The third-order valence-electron chi connectivity index (χ3n) is 8.12. The maximum atomic E-state index is 13.1. The van der Waals surface area contributed by atoms with E-state index in [1.807, 2.05) is 28.9 Å². The number of benzene rings is 2. The molecular formula is C31H34F2N6O5. The van der Waals surface area contributed by atoms with Crippen LogP contribution in [0.3, 0.4) is 0 Å². The maximum Gasteiger partial charge on any atom is 0.387 e. The molecule has 44 heavy (non-hydrogen) atoms. The van der Waals surface area contributed by atoms with Crippen LogP contribution in [0.15, 0.2) is 59.7 Å². The Hall–Kier alpha value is -4.36. The summed E-state index contributed by atoms with van der Waals surface area (Å²) in [6.07, 6.45) is 2.86. The predicted octanol–water partition coefficient (Wildman–Crippen LogP) is 3.64. The average Bonchev–Trinajstić information content (AvgIpc) is 3.48. The molecule has 0 N–H and O–H groups in total. The van der Waals surface area contributed by atoms with Crippen molar-refractivity contribution in [1.29, 1.82) is 0 Å². The van der Waals surface area contributed by atoms with Crippen LogP contribution in [0, 0.1) is 0 Å². The van der Waals surface area contributed by atoms with Gasteiger partial charge in [0.25, 0.3) is 11.5 Å². The number of hydrogen-bond donors (Lipinski definition) is 0. The van der Waals surface area contributed by atoms with Crippen molar-refractivity contribution >= 4 is 22.8 Å². The summed E-state index contributed by atoms with van der Waals surface area (Å²) < 4.78 is 45.2. The SMILES string of the molecule is C[C@@H]1CN(c2ncc(-c3ccc4c(=O)n(C)n(Cc5ccccc5OC(F)F)c4c3)cn2)CCN1C(=O)[C@H]1COC(C)(C)O1. The third kappa shape index (κ3) is 5.76. The minimum atomic E-state index is -2.96. The van der Waals surface area contributed by atoms with Gasteiger partial charge in [0.1, 0.15) is 5.75 Å². The van der Waals surface area contributed by atoms with Gasteiger partial charge in [0.15, 0.2) is 11.9 Å². The second-order valence-electron chi connectivity index (χ2n) is 11.5. The quantitative estimate of drug-likeness (QED) is 0.314. The summed E-state index contributed by atoms with van der Waals surface area (Å²) in [7, 11) is 1.64. The minimum Gasteiger partial charge on any atom is -0.434 e. The van der Waals surface area contributed by atoms with Gasteiger partial charge < -0.3 is 24.0 Å². The number of anilines is 1. The molecule has 2 aliphatic rings. The summed E-state index contributed by atoms with van der Waals surface area (Å²) in [6, 6.07) is 11.9. The van der Waals surface area contributed by atoms with E-state index in [-0.39, 0.29) is 36.4 Å². The summed E-state index contributed by atoms with van der Waals surface area (Å²) in [4.78, 5) is 39.2. The first-order chi connectivity index (χ1) is 21.0. The number of ether oxygens (including phenoxy) is 3. The molecule has 232 valence electrons. The van der Waals surface area contributed by atoms with E-state index in [1.165, 1.54) is 10.7 Å². The molecule has 13 heteroatoms. The monoisotopic (exact) mass is 608 g/mol. The molecule has 0 unspecified atom stereocenters. The molecule has 11 nitrogen and oxygen atoms in total. The first-order valence-corrected chi connectivity index (χ1v) is 14.4. The number of carbonyl (C=O) groups is 1. The normalized spacial score (nSPS) is 20.1. The van der Waals surface area contributed by atoms with Crippen LogP contribution in [0.4, 0.5) is 14.7 Å². The molecule has 4 aromatic rings. The number of piperazine rings is 1. The Morgan fingerprint density at radius 2 is 1.86 bits per heavy atom. The number of aromatic nitrogens is 4. The fourth-order valence-electron chi connectivity index (χ4n) is 5.84. The summed E-state index contributed by atoms with van der Waals surface area (Å²) in [6.45, 7) is 4.69. The zero-order valence-corrected chi connectivity index (χ0v) is 24.9. The second-order valence-corrected chi connectivity index (χ2v) is 11.5. The number of para-hydroxylation sites is 1. The van der Waals surface area contributed by atoms with Crippen LogP contribution in [-0.2, 0) is 27.9 Å². The van der Waals surface area contributed by atoms with Crippen molar-refractivity contribution in [1.82, 2.24) is 24.2 Å². The highest BCUT2D eigenvalue weighted by atomic mass is 19.3. The number of carbonyl (C=O) groups excluding carboxylic acids is 1. The first kappa shape index (κ1) is 29.7. The van der Waals surface area contributed by atoms with Crippen LogP contribution >= 0.6 is 0 Å². The lowest BCUT2D eigenvalue weighted by molar-refractivity contribution is -0.161. The highest BCUT2D eigenvalue weighted by molar-refractivity contribution is 5.84. The first-order valence-electron chi connectivity index (χ1n) is 14.4. The summed E-state index contributed by atoms with van der Waals surface area (Å²) in [5, 5.41) is 0.501. The van der Waals surface area contributed by atoms with Crippen molar-refractivity contribution in [3.05, 3.63) is 70.8 Å². The molecule has 2 fully saturated rings. The largest absolute Gasteiger partial charge is 0.434 e. The van der Waals surface area contributed by atoms with Gasteiger partial charge in [-0.15, -0.1) is 0 Å². The zero-order valence-electron chi connectivity index (χ0n) is 24.9. The lowest BCUT2D eigenvalue weighted by atomic mass is 10.1. The van der Waals surface area contributed by atoms with E-state index in [1.54, 1.807) is 62.2 Å². The number of hydrogen-bond acceptors (Lipinski definition) is 8. The molecule has 2 atom stereocenters. The Bertz CT molecular complexity index is 1740. The second kappa shape index (κ2) is 11.6. The Kier molecular flexibility index (Phi) is 7.84. The number of rotatable bonds is 7. The minimum absolute atomic E-state index is 0.0568. The van der Waals surface area contributed by atoms with Crippen molar-refractivity contribution in [3.63, 3.8) is 0 Å². The molecule has 2 aromatic heterocycles. The molecule has 0 bridgehead atoms. The van der Waals surface area contributed by atoms with E-state index < -0.39 is 18.5 Å². The van der Waals surface area contributed by atoms with Crippen LogP contribution < -0.4 is 15.2 Å². The van der Waals surface area contributed by atoms with Crippen molar-refractivity contribution in [2.45, 2.75) is 51.9 Å². The Balaban J connectivity index is 1.19. The van der Waals surface area contributed by atoms with Gasteiger partial charge in [-0.3, -0.25) is 19.0 Å². The van der Waals surface area contributed by atoms with Crippen molar-refractivity contribution < 1.29 is 27.8 Å². The van der Waals surface area contributed by atoms with Gasteiger partial charge in [0.05, 0.1) is 24.1 Å². The fraction of sp³-hybridized carbons (Fsp3) is 0.419. The van der Waals surface area contributed by atoms with Gasteiger partial charge in [0.2, 0.25) is 5.95 Å². The smallest absolute Gasteiger partial charge is 0.387 e. The maximum absolute atomic E-state index is 13.1. The number of halogens is 2. The third-order valence-corrected chi connectivity index (χ3v) is 8.12. The lowest BCUT2D eigenvalue weighted by Crippen LogP contribution is -2.57. The van der Waals surface area contributed by atoms with E-state index in [0.29, 0.717) is 42.0 Å². The standard InChI is InChI=1S/C31H34F2N6O5/c1-19-16-37(11-12-38(19)28(41)26-18-42-31(2,3)44-26)30-34-14-22(15-35-30)20-9-10-23-24(13-20)39(36(4)27(23)40)17-21-7-5-6-8-25(21)43-29(32)33/h5-10,13-15,19,26,29H,11-12,16-18H2,1-4H3/t19-,26-/m1/s1. The topological polar surface area (TPSA) is 104 Å². The highest BCUT2D eigenvalue weighted by Gasteiger charge is 2.41. The molecule has 2 aromatic carbocycles. The Morgan fingerprint density at radius 1 is 1.11 bits per heavy atom. The van der Waals surface area contributed by atoms with Gasteiger partial charge in [-0.25, -0.2) is 9.97 Å². The van der Waals surface area contributed by atoms with E-state index in [0.717, 1.165) is 11.1 Å². The van der Waals surface area contributed by atoms with Gasteiger partial charge in [-0.1, -0.05) is 24.3 Å². The number of alkyl halides is 2. The van der Waals surface area contributed by atoms with Crippen molar-refractivity contribution in [3.8, 4) is 16.9 Å². The van der Waals surface area contributed by atoms with Gasteiger partial charge in [-0.2, -0.15) is 8.78 Å². The van der Waals surface area contributed by atoms with Crippen molar-refractivity contribution in [2.75, 3.05) is 31.1 Å². The van der Waals surface area contributed by atoms with Crippen molar-refractivity contribution in [2.24, 2.45) is 7.05 Å². The van der Waals surface area contributed by atoms with E-state index >= 15 is 0 Å². The highest BCUT2D eigenvalue weighted by Crippen LogP contribution is 2.28. The Labute approximate surface area is 252 Å². The lowest BCUT2D eigenvalue weighted by Gasteiger charge is -2.40. The molecule has 2 saturated heterocycles. The number of fused-ring (bicyclic) bond motifs is 1. The molecule has 0 aliphatic carbocycles. The van der Waals surface area contributed by atoms with Gasteiger partial charge >= 0.3 is 6.61 Å².